The second kappa shape index (κ2) is 6.41. The second-order valence-corrected chi connectivity index (χ2v) is 6.93. The first kappa shape index (κ1) is 16.0. The third-order valence-corrected chi connectivity index (χ3v) is 4.73. The van der Waals surface area contributed by atoms with E-state index in [4.69, 9.17) is 21.1 Å². The molecular weight excluding hydrogens is 340 g/mol. The van der Waals surface area contributed by atoms with Crippen LogP contribution in [0.4, 0.5) is 0 Å². The number of benzene rings is 2. The maximum Gasteiger partial charge on any atom is 0.271 e. The molecule has 0 saturated heterocycles. The van der Waals surface area contributed by atoms with Gasteiger partial charge in [0.1, 0.15) is 0 Å². The Balaban J connectivity index is 1.42. The standard InChI is InChI=1S/C19H17ClN2O3/c20-15-4-1-13(2-5-15)10-21-22-18(23)14-3-6-16-17(9-14)25-12-19(7-8-19)11-24-16/h1-6,9-10H,7-8,11-12H2,(H,22,23)/b21-10-. The molecule has 1 aliphatic carbocycles. The van der Waals surface area contributed by atoms with Crippen molar-refractivity contribution in [1.82, 2.24) is 5.43 Å². The number of carbonyl (C=O) groups is 1. The quantitative estimate of drug-likeness (QED) is 0.674. The molecule has 25 heavy (non-hydrogen) atoms. The summed E-state index contributed by atoms with van der Waals surface area (Å²) in [6, 6.07) is 12.3. The van der Waals surface area contributed by atoms with Crippen LogP contribution in [0.1, 0.15) is 28.8 Å². The van der Waals surface area contributed by atoms with Crippen LogP contribution in [0.5, 0.6) is 11.5 Å². The topological polar surface area (TPSA) is 59.9 Å². The first-order chi connectivity index (χ1) is 12.1. The smallest absolute Gasteiger partial charge is 0.271 e. The number of hydrogen-bond acceptors (Lipinski definition) is 4. The highest BCUT2D eigenvalue weighted by molar-refractivity contribution is 6.30. The van der Waals surface area contributed by atoms with Gasteiger partial charge < -0.3 is 9.47 Å². The fourth-order valence-electron chi connectivity index (χ4n) is 2.63. The zero-order valence-corrected chi connectivity index (χ0v) is 14.3. The van der Waals surface area contributed by atoms with Crippen LogP contribution in [-0.2, 0) is 0 Å². The van der Waals surface area contributed by atoms with Crippen molar-refractivity contribution in [2.24, 2.45) is 10.5 Å². The SMILES string of the molecule is O=C(N/N=C\c1ccc(Cl)cc1)c1ccc2c(c1)OCC1(CC1)CO2. The summed E-state index contributed by atoms with van der Waals surface area (Å²) in [4.78, 5) is 12.3. The molecule has 2 aromatic carbocycles. The van der Waals surface area contributed by atoms with Gasteiger partial charge in [-0.3, -0.25) is 4.79 Å². The molecule has 1 fully saturated rings. The van der Waals surface area contributed by atoms with Crippen LogP contribution in [0, 0.1) is 5.41 Å². The van der Waals surface area contributed by atoms with Gasteiger partial charge in [-0.15, -0.1) is 0 Å². The molecule has 0 aromatic heterocycles. The number of nitrogens with zero attached hydrogens (tertiary/aromatic N) is 1. The number of nitrogens with one attached hydrogen (secondary N) is 1. The van der Waals surface area contributed by atoms with Crippen molar-refractivity contribution in [3.05, 3.63) is 58.6 Å². The molecule has 6 heteroatoms. The van der Waals surface area contributed by atoms with Gasteiger partial charge in [-0.1, -0.05) is 23.7 Å². The van der Waals surface area contributed by atoms with Crippen LogP contribution in [0.2, 0.25) is 5.02 Å². The predicted molar refractivity (Wildman–Crippen MR) is 95.6 cm³/mol. The summed E-state index contributed by atoms with van der Waals surface area (Å²) >= 11 is 5.83. The molecule has 0 radical (unpaired) electrons. The number of halogens is 1. The first-order valence-electron chi connectivity index (χ1n) is 8.12. The lowest BCUT2D eigenvalue weighted by atomic mass is 10.1. The lowest BCUT2D eigenvalue weighted by Gasteiger charge is -2.09. The highest BCUT2D eigenvalue weighted by Gasteiger charge is 2.46. The van der Waals surface area contributed by atoms with E-state index in [-0.39, 0.29) is 11.3 Å². The van der Waals surface area contributed by atoms with Gasteiger partial charge in [0.05, 0.1) is 19.4 Å². The highest BCUT2D eigenvalue weighted by Crippen LogP contribution is 2.49. The van der Waals surface area contributed by atoms with Crippen molar-refractivity contribution >= 4 is 23.7 Å². The number of rotatable bonds is 3. The summed E-state index contributed by atoms with van der Waals surface area (Å²) in [6.07, 6.45) is 3.83. The molecule has 1 N–H and O–H groups in total. The molecule has 1 spiro atoms. The summed E-state index contributed by atoms with van der Waals surface area (Å²) in [5.41, 5.74) is 4.01. The third-order valence-electron chi connectivity index (χ3n) is 4.48. The van der Waals surface area contributed by atoms with Gasteiger partial charge in [0.2, 0.25) is 0 Å². The van der Waals surface area contributed by atoms with Gasteiger partial charge in [0.25, 0.3) is 5.91 Å². The van der Waals surface area contributed by atoms with Crippen LogP contribution in [0.3, 0.4) is 0 Å². The molecule has 1 amide bonds. The third kappa shape index (κ3) is 3.61. The molecule has 0 bridgehead atoms. The van der Waals surface area contributed by atoms with Gasteiger partial charge in [-0.25, -0.2) is 5.43 Å². The van der Waals surface area contributed by atoms with Crippen LogP contribution in [0.15, 0.2) is 47.6 Å². The molecular formula is C19H17ClN2O3. The minimum atomic E-state index is -0.304. The molecule has 1 aliphatic heterocycles. The molecule has 2 aromatic rings. The largest absolute Gasteiger partial charge is 0.489 e. The van der Waals surface area contributed by atoms with Crippen molar-refractivity contribution in [1.29, 1.82) is 0 Å². The molecule has 128 valence electrons. The van der Waals surface area contributed by atoms with E-state index >= 15 is 0 Å². The van der Waals surface area contributed by atoms with E-state index in [1.165, 1.54) is 0 Å². The Morgan fingerprint density at radius 2 is 1.80 bits per heavy atom. The Bertz CT molecular complexity index is 829. The summed E-state index contributed by atoms with van der Waals surface area (Å²) in [7, 11) is 0. The normalized spacial score (nSPS) is 17.3. The van der Waals surface area contributed by atoms with Crippen LogP contribution in [-0.4, -0.2) is 25.3 Å². The lowest BCUT2D eigenvalue weighted by Crippen LogP contribution is -2.18. The van der Waals surface area contributed by atoms with E-state index in [1.807, 2.05) is 12.1 Å². The van der Waals surface area contributed by atoms with Gasteiger partial charge in [-0.05, 0) is 48.7 Å². The number of hydrogen-bond donors (Lipinski definition) is 1. The second-order valence-electron chi connectivity index (χ2n) is 6.49. The van der Waals surface area contributed by atoms with Gasteiger partial charge >= 0.3 is 0 Å². The number of fused-ring (bicyclic) bond motifs is 1. The van der Waals surface area contributed by atoms with Gasteiger partial charge in [-0.2, -0.15) is 5.10 Å². The van der Waals surface area contributed by atoms with Crippen molar-refractivity contribution in [2.75, 3.05) is 13.2 Å². The minimum Gasteiger partial charge on any atom is -0.489 e. The molecule has 2 aliphatic rings. The fourth-order valence-corrected chi connectivity index (χ4v) is 2.75. The van der Waals surface area contributed by atoms with Crippen LogP contribution < -0.4 is 14.9 Å². The van der Waals surface area contributed by atoms with E-state index in [2.05, 4.69) is 10.5 Å². The zero-order chi connectivity index (χ0) is 17.3. The maximum atomic E-state index is 12.3. The Kier molecular flexibility index (Phi) is 4.09. The van der Waals surface area contributed by atoms with Crippen molar-refractivity contribution in [2.45, 2.75) is 12.8 Å². The van der Waals surface area contributed by atoms with E-state index in [0.29, 0.717) is 35.3 Å². The number of ether oxygens (including phenoxy) is 2. The Hall–Kier alpha value is -2.53. The highest BCUT2D eigenvalue weighted by atomic mass is 35.5. The Labute approximate surface area is 150 Å². The molecule has 5 nitrogen and oxygen atoms in total. The van der Waals surface area contributed by atoms with E-state index in [1.54, 1.807) is 36.5 Å². The minimum absolute atomic E-state index is 0.171. The molecule has 4 rings (SSSR count). The van der Waals surface area contributed by atoms with Crippen LogP contribution in [0.25, 0.3) is 0 Å². The molecule has 0 unspecified atom stereocenters. The summed E-state index contributed by atoms with van der Waals surface area (Å²) in [5, 5.41) is 4.63. The summed E-state index contributed by atoms with van der Waals surface area (Å²) < 4.78 is 11.7. The maximum absolute atomic E-state index is 12.3. The Morgan fingerprint density at radius 3 is 2.52 bits per heavy atom. The first-order valence-corrected chi connectivity index (χ1v) is 8.50. The van der Waals surface area contributed by atoms with Crippen molar-refractivity contribution < 1.29 is 14.3 Å². The monoisotopic (exact) mass is 356 g/mol. The van der Waals surface area contributed by atoms with E-state index in [0.717, 1.165) is 18.4 Å². The molecule has 1 heterocycles. The number of amides is 1. The van der Waals surface area contributed by atoms with Crippen molar-refractivity contribution in [3.63, 3.8) is 0 Å². The lowest BCUT2D eigenvalue weighted by molar-refractivity contribution is 0.0954. The summed E-state index contributed by atoms with van der Waals surface area (Å²) in [6.45, 7) is 1.32. The predicted octanol–water partition coefficient (Wildman–Crippen LogP) is 3.66. The number of carbonyl (C=O) groups excluding carboxylic acids is 1. The van der Waals surface area contributed by atoms with Crippen molar-refractivity contribution in [3.8, 4) is 11.5 Å². The zero-order valence-electron chi connectivity index (χ0n) is 13.5. The molecule has 1 saturated carbocycles. The molecule has 0 atom stereocenters. The van der Waals surface area contributed by atoms with E-state index in [9.17, 15) is 4.79 Å². The van der Waals surface area contributed by atoms with Crippen LogP contribution >= 0.6 is 11.6 Å². The Morgan fingerprint density at radius 1 is 1.08 bits per heavy atom. The summed E-state index contributed by atoms with van der Waals surface area (Å²) in [5.74, 6) is 0.991. The average molecular weight is 357 g/mol. The van der Waals surface area contributed by atoms with Gasteiger partial charge in [0.15, 0.2) is 11.5 Å². The fraction of sp³-hybridized carbons (Fsp3) is 0.263. The number of hydrazone groups is 1. The average Bonchev–Trinajstić information content (AvgIpc) is 3.43. The van der Waals surface area contributed by atoms with E-state index < -0.39 is 0 Å². The van der Waals surface area contributed by atoms with Gasteiger partial charge in [0, 0.05) is 16.0 Å².